The third-order valence-electron chi connectivity index (χ3n) is 5.63. The summed E-state index contributed by atoms with van der Waals surface area (Å²) < 4.78 is 72.9. The van der Waals surface area contributed by atoms with Crippen molar-refractivity contribution >= 4 is 23.2 Å². The van der Waals surface area contributed by atoms with Gasteiger partial charge in [0.15, 0.2) is 0 Å². The number of aromatic nitrogens is 2. The van der Waals surface area contributed by atoms with Crippen LogP contribution in [-0.2, 0) is 22.3 Å². The van der Waals surface area contributed by atoms with Gasteiger partial charge < -0.3 is 20.7 Å². The first-order chi connectivity index (χ1) is 17.6. The van der Waals surface area contributed by atoms with Gasteiger partial charge in [0.1, 0.15) is 17.2 Å². The lowest BCUT2D eigenvalue weighted by Crippen LogP contribution is -2.59. The first-order valence-corrected chi connectivity index (χ1v) is 10.9. The molecule has 3 aromatic rings. The van der Waals surface area contributed by atoms with Gasteiger partial charge in [-0.3, -0.25) is 19.6 Å². The van der Waals surface area contributed by atoms with Crippen molar-refractivity contribution in [2.24, 2.45) is 0 Å². The lowest BCUT2D eigenvalue weighted by Gasteiger charge is -2.27. The van der Waals surface area contributed by atoms with Gasteiger partial charge in [-0.1, -0.05) is 0 Å². The van der Waals surface area contributed by atoms with E-state index in [1.807, 2.05) is 0 Å². The number of alkyl halides is 3. The number of nitrogens with zero attached hydrogens (tertiary/aromatic N) is 2. The highest BCUT2D eigenvalue weighted by Gasteiger charge is 2.44. The van der Waals surface area contributed by atoms with E-state index in [1.54, 1.807) is 6.07 Å². The molecule has 1 aliphatic heterocycles. The van der Waals surface area contributed by atoms with Crippen LogP contribution in [0.1, 0.15) is 28.0 Å². The molecule has 1 atom stereocenters. The van der Waals surface area contributed by atoms with Gasteiger partial charge in [0, 0.05) is 31.5 Å². The molecule has 3 heterocycles. The van der Waals surface area contributed by atoms with Crippen molar-refractivity contribution in [1.29, 1.82) is 0 Å². The molecule has 1 fully saturated rings. The molecule has 0 spiro atoms. The molecule has 0 aliphatic carbocycles. The summed E-state index contributed by atoms with van der Waals surface area (Å²) in [5.41, 5.74) is -3.20. The quantitative estimate of drug-likeness (QED) is 0.410. The Morgan fingerprint density at radius 1 is 1.11 bits per heavy atom. The van der Waals surface area contributed by atoms with E-state index in [0.717, 1.165) is 24.4 Å². The number of hydrogen-bond acceptors (Lipinski definition) is 6. The minimum absolute atomic E-state index is 0.0944. The molecule has 1 aliphatic rings. The van der Waals surface area contributed by atoms with Crippen LogP contribution in [0, 0.1) is 11.6 Å². The average molecular weight is 521 g/mol. The predicted molar refractivity (Wildman–Crippen MR) is 121 cm³/mol. The lowest BCUT2D eigenvalue weighted by molar-refractivity contribution is -0.137. The Labute approximate surface area is 207 Å². The number of ether oxygens (including phenoxy) is 1. The number of benzene rings is 1. The summed E-state index contributed by atoms with van der Waals surface area (Å²) in [5.74, 6) is -3.13. The fraction of sp³-hybridized carbons (Fsp3) is 0.250. The predicted octanol–water partition coefficient (Wildman–Crippen LogP) is 3.72. The van der Waals surface area contributed by atoms with Crippen molar-refractivity contribution < 1.29 is 36.3 Å². The molecule has 8 nitrogen and oxygen atoms in total. The number of amides is 2. The highest BCUT2D eigenvalue weighted by Crippen LogP contribution is 2.36. The van der Waals surface area contributed by atoms with Crippen LogP contribution in [-0.4, -0.2) is 40.5 Å². The molecule has 4 rings (SSSR count). The fourth-order valence-electron chi connectivity index (χ4n) is 3.70. The summed E-state index contributed by atoms with van der Waals surface area (Å²) in [7, 11) is 0. The van der Waals surface area contributed by atoms with Crippen LogP contribution in [0.25, 0.3) is 0 Å². The van der Waals surface area contributed by atoms with Gasteiger partial charge in [0.05, 0.1) is 47.5 Å². The van der Waals surface area contributed by atoms with Crippen molar-refractivity contribution in [3.63, 3.8) is 0 Å². The fourth-order valence-corrected chi connectivity index (χ4v) is 3.70. The summed E-state index contributed by atoms with van der Waals surface area (Å²) in [5, 5.41) is 7.56. The zero-order valence-electron chi connectivity index (χ0n) is 19.0. The van der Waals surface area contributed by atoms with E-state index in [9.17, 15) is 31.5 Å². The standard InChI is InChI=1S/C24H20F5N5O3/c25-15-3-4-19(17(8-15)24(27,28)29)33-16-9-18(26)20(31-11-16)12-32-22(36)23(5-7-37-13-23)34-21(35)14-2-1-6-30-10-14/h1-4,6,8-11,33H,5,7,12-13H2,(H,32,36)(H,34,35). The summed E-state index contributed by atoms with van der Waals surface area (Å²) in [6, 6.07) is 6.04. The first kappa shape index (κ1) is 25.9. The summed E-state index contributed by atoms with van der Waals surface area (Å²) in [4.78, 5) is 33.3. The molecule has 0 bridgehead atoms. The van der Waals surface area contributed by atoms with E-state index in [-0.39, 0.29) is 43.1 Å². The molecule has 2 amide bonds. The minimum Gasteiger partial charge on any atom is -0.378 e. The van der Waals surface area contributed by atoms with Gasteiger partial charge in [-0.15, -0.1) is 0 Å². The molecule has 1 saturated heterocycles. The third kappa shape index (κ3) is 6.00. The number of carbonyl (C=O) groups excluding carboxylic acids is 2. The number of anilines is 2. The Hall–Kier alpha value is -4.13. The van der Waals surface area contributed by atoms with Gasteiger partial charge in [-0.05, 0) is 30.3 Å². The normalized spacial score (nSPS) is 17.3. The van der Waals surface area contributed by atoms with Crippen LogP contribution in [0.15, 0.2) is 55.0 Å². The Balaban J connectivity index is 1.44. The van der Waals surface area contributed by atoms with Crippen LogP contribution in [0.3, 0.4) is 0 Å². The maximum atomic E-state index is 14.7. The number of rotatable bonds is 7. The largest absolute Gasteiger partial charge is 0.418 e. The molecule has 37 heavy (non-hydrogen) atoms. The summed E-state index contributed by atoms with van der Waals surface area (Å²) in [6.45, 7) is -0.236. The second kappa shape index (κ2) is 10.5. The Bertz CT molecular complexity index is 1300. The van der Waals surface area contributed by atoms with Crippen LogP contribution in [0.4, 0.5) is 33.3 Å². The lowest BCUT2D eigenvalue weighted by atomic mass is 9.96. The Kier molecular flexibility index (Phi) is 7.34. The van der Waals surface area contributed by atoms with E-state index in [0.29, 0.717) is 6.07 Å². The minimum atomic E-state index is -4.84. The summed E-state index contributed by atoms with van der Waals surface area (Å²) >= 11 is 0. The molecule has 0 radical (unpaired) electrons. The van der Waals surface area contributed by atoms with E-state index in [4.69, 9.17) is 4.74 Å². The smallest absolute Gasteiger partial charge is 0.378 e. The van der Waals surface area contributed by atoms with Crippen LogP contribution in [0.2, 0.25) is 0 Å². The van der Waals surface area contributed by atoms with Gasteiger partial charge in [-0.25, -0.2) is 8.78 Å². The van der Waals surface area contributed by atoms with Crippen LogP contribution in [0.5, 0.6) is 0 Å². The monoisotopic (exact) mass is 521 g/mol. The van der Waals surface area contributed by atoms with E-state index >= 15 is 0 Å². The molecular formula is C24H20F5N5O3. The van der Waals surface area contributed by atoms with Gasteiger partial charge in [0.2, 0.25) is 5.91 Å². The molecule has 3 N–H and O–H groups in total. The topological polar surface area (TPSA) is 105 Å². The maximum absolute atomic E-state index is 14.7. The maximum Gasteiger partial charge on any atom is 0.418 e. The Morgan fingerprint density at radius 3 is 2.57 bits per heavy atom. The van der Waals surface area contributed by atoms with Crippen molar-refractivity contribution in [2.75, 3.05) is 18.5 Å². The molecule has 0 saturated carbocycles. The van der Waals surface area contributed by atoms with Crippen LogP contribution >= 0.6 is 0 Å². The third-order valence-corrected chi connectivity index (χ3v) is 5.63. The van der Waals surface area contributed by atoms with E-state index in [2.05, 4.69) is 25.9 Å². The highest BCUT2D eigenvalue weighted by molar-refractivity contribution is 5.99. The first-order valence-electron chi connectivity index (χ1n) is 10.9. The highest BCUT2D eigenvalue weighted by atomic mass is 19.4. The van der Waals surface area contributed by atoms with Crippen LogP contribution < -0.4 is 16.0 Å². The molecule has 1 unspecified atom stereocenters. The molecule has 13 heteroatoms. The molecule has 194 valence electrons. The number of carbonyl (C=O) groups is 2. The van der Waals surface area contributed by atoms with Crippen molar-refractivity contribution in [3.8, 4) is 0 Å². The van der Waals surface area contributed by atoms with Gasteiger partial charge in [0.25, 0.3) is 5.91 Å². The van der Waals surface area contributed by atoms with Gasteiger partial charge >= 0.3 is 6.18 Å². The number of nitrogens with one attached hydrogen (secondary N) is 3. The number of halogens is 5. The number of pyridine rings is 2. The summed E-state index contributed by atoms with van der Waals surface area (Å²) in [6.07, 6.45) is -0.743. The van der Waals surface area contributed by atoms with E-state index < -0.39 is 46.4 Å². The number of hydrogen-bond donors (Lipinski definition) is 3. The van der Waals surface area contributed by atoms with Crippen molar-refractivity contribution in [1.82, 2.24) is 20.6 Å². The molecule has 1 aromatic carbocycles. The molecule has 2 aromatic heterocycles. The average Bonchev–Trinajstić information content (AvgIpc) is 3.34. The zero-order chi connectivity index (χ0) is 26.6. The zero-order valence-corrected chi connectivity index (χ0v) is 19.0. The van der Waals surface area contributed by atoms with Crippen molar-refractivity contribution in [2.45, 2.75) is 24.7 Å². The second-order valence-electron chi connectivity index (χ2n) is 8.23. The van der Waals surface area contributed by atoms with E-state index in [1.165, 1.54) is 18.5 Å². The van der Waals surface area contributed by atoms with Crippen molar-refractivity contribution in [3.05, 3.63) is 83.4 Å². The Morgan fingerprint density at radius 2 is 1.92 bits per heavy atom. The molecular weight excluding hydrogens is 501 g/mol. The second-order valence-corrected chi connectivity index (χ2v) is 8.23. The van der Waals surface area contributed by atoms with Gasteiger partial charge in [-0.2, -0.15) is 13.2 Å². The SMILES string of the molecule is O=C(NC1(C(=O)NCc2ncc(Nc3ccc(F)cc3C(F)(F)F)cc2F)CCOC1)c1cccnc1.